The summed E-state index contributed by atoms with van der Waals surface area (Å²) in [4.78, 5) is 12.1. The molecule has 18 heavy (non-hydrogen) atoms. The second-order valence-electron chi connectivity index (χ2n) is 5.93. The van der Waals surface area contributed by atoms with E-state index in [0.29, 0.717) is 23.7 Å². The predicted molar refractivity (Wildman–Crippen MR) is 71.3 cm³/mol. The SMILES string of the molecule is Cc1cc(C#N)ccc1C1CCC(C)(C)C(=O)C1. The molecule has 1 aromatic rings. The Morgan fingerprint density at radius 1 is 1.39 bits per heavy atom. The van der Waals surface area contributed by atoms with Crippen molar-refractivity contribution in [3.63, 3.8) is 0 Å². The van der Waals surface area contributed by atoms with E-state index in [4.69, 9.17) is 5.26 Å². The molecule has 0 heterocycles. The van der Waals surface area contributed by atoms with Crippen LogP contribution < -0.4 is 0 Å². The van der Waals surface area contributed by atoms with Gasteiger partial charge in [0, 0.05) is 11.8 Å². The third-order valence-electron chi connectivity index (χ3n) is 4.14. The highest BCUT2D eigenvalue weighted by Crippen LogP contribution is 2.40. The van der Waals surface area contributed by atoms with Gasteiger partial charge in [-0.1, -0.05) is 19.9 Å². The molecule has 0 bridgehead atoms. The van der Waals surface area contributed by atoms with E-state index < -0.39 is 0 Å². The summed E-state index contributed by atoms with van der Waals surface area (Å²) in [5.74, 6) is 0.695. The summed E-state index contributed by atoms with van der Waals surface area (Å²) in [5.41, 5.74) is 2.90. The number of carbonyl (C=O) groups excluding carboxylic acids is 1. The second kappa shape index (κ2) is 4.57. The lowest BCUT2D eigenvalue weighted by molar-refractivity contribution is -0.129. The zero-order valence-corrected chi connectivity index (χ0v) is 11.3. The molecule has 2 rings (SSSR count). The molecule has 1 fully saturated rings. The Balaban J connectivity index is 2.24. The molecule has 0 saturated heterocycles. The summed E-state index contributed by atoms with van der Waals surface area (Å²) in [7, 11) is 0. The Labute approximate surface area is 109 Å². The minimum Gasteiger partial charge on any atom is -0.299 e. The minimum absolute atomic E-state index is 0.156. The molecular weight excluding hydrogens is 222 g/mol. The van der Waals surface area contributed by atoms with Crippen LogP contribution in [0.4, 0.5) is 0 Å². The maximum absolute atomic E-state index is 12.1. The maximum atomic E-state index is 12.1. The van der Waals surface area contributed by atoms with E-state index in [1.807, 2.05) is 39.0 Å². The monoisotopic (exact) mass is 241 g/mol. The number of rotatable bonds is 1. The molecule has 0 spiro atoms. The van der Waals surface area contributed by atoms with Gasteiger partial charge in [-0.25, -0.2) is 0 Å². The maximum Gasteiger partial charge on any atom is 0.139 e. The summed E-state index contributed by atoms with van der Waals surface area (Å²) < 4.78 is 0. The van der Waals surface area contributed by atoms with E-state index in [1.54, 1.807) is 0 Å². The Bertz CT molecular complexity index is 522. The topological polar surface area (TPSA) is 40.9 Å². The van der Waals surface area contributed by atoms with Crippen LogP contribution in [0.1, 0.15) is 55.7 Å². The first-order valence-electron chi connectivity index (χ1n) is 6.48. The van der Waals surface area contributed by atoms with Crippen molar-refractivity contribution in [2.45, 2.75) is 46.0 Å². The highest BCUT2D eigenvalue weighted by Gasteiger charge is 2.35. The third-order valence-corrected chi connectivity index (χ3v) is 4.14. The van der Waals surface area contributed by atoms with E-state index in [9.17, 15) is 4.79 Å². The fourth-order valence-electron chi connectivity index (χ4n) is 2.75. The number of ketones is 1. The summed E-state index contributed by atoms with van der Waals surface area (Å²) >= 11 is 0. The molecule has 0 aliphatic heterocycles. The Kier molecular flexibility index (Phi) is 3.26. The normalized spacial score (nSPS) is 22.6. The average molecular weight is 241 g/mol. The standard InChI is InChI=1S/C16H19NO/c1-11-8-12(10-17)4-5-14(11)13-6-7-16(2,3)15(18)9-13/h4-5,8,13H,6-7,9H2,1-3H3. The van der Waals surface area contributed by atoms with Gasteiger partial charge in [-0.05, 0) is 48.9 Å². The van der Waals surface area contributed by atoms with Crippen molar-refractivity contribution in [3.05, 3.63) is 34.9 Å². The summed E-state index contributed by atoms with van der Waals surface area (Å²) in [5, 5.41) is 8.87. The molecule has 94 valence electrons. The van der Waals surface area contributed by atoms with Crippen LogP contribution >= 0.6 is 0 Å². The van der Waals surface area contributed by atoms with Gasteiger partial charge in [0.15, 0.2) is 0 Å². The van der Waals surface area contributed by atoms with Crippen LogP contribution in [-0.4, -0.2) is 5.78 Å². The third kappa shape index (κ3) is 2.31. The number of Topliss-reactive ketones (excluding diaryl/α,β-unsaturated/α-hetero) is 1. The van der Waals surface area contributed by atoms with Crippen LogP contribution in [-0.2, 0) is 4.79 Å². The van der Waals surface area contributed by atoms with E-state index in [-0.39, 0.29) is 5.41 Å². The van der Waals surface area contributed by atoms with Gasteiger partial charge >= 0.3 is 0 Å². The van der Waals surface area contributed by atoms with Gasteiger partial charge in [0.2, 0.25) is 0 Å². The smallest absolute Gasteiger partial charge is 0.139 e. The van der Waals surface area contributed by atoms with Gasteiger partial charge in [0.05, 0.1) is 11.6 Å². The lowest BCUT2D eigenvalue weighted by Gasteiger charge is -2.33. The molecule has 1 aromatic carbocycles. The van der Waals surface area contributed by atoms with Crippen LogP contribution in [0.3, 0.4) is 0 Å². The van der Waals surface area contributed by atoms with Crippen molar-refractivity contribution in [2.24, 2.45) is 5.41 Å². The van der Waals surface area contributed by atoms with Crippen molar-refractivity contribution in [1.29, 1.82) is 5.26 Å². The average Bonchev–Trinajstić information content (AvgIpc) is 2.33. The van der Waals surface area contributed by atoms with Crippen molar-refractivity contribution >= 4 is 5.78 Å². The van der Waals surface area contributed by atoms with Gasteiger partial charge in [0.25, 0.3) is 0 Å². The largest absolute Gasteiger partial charge is 0.299 e. The highest BCUT2D eigenvalue weighted by atomic mass is 16.1. The van der Waals surface area contributed by atoms with E-state index in [0.717, 1.165) is 18.4 Å². The summed E-state index contributed by atoms with van der Waals surface area (Å²) in [6.07, 6.45) is 2.65. The number of carbonyl (C=O) groups is 1. The number of nitriles is 1. The van der Waals surface area contributed by atoms with E-state index in [2.05, 4.69) is 6.07 Å². The molecule has 0 N–H and O–H groups in total. The van der Waals surface area contributed by atoms with E-state index >= 15 is 0 Å². The predicted octanol–water partition coefficient (Wildman–Crippen LogP) is 3.73. The molecule has 1 saturated carbocycles. The number of nitrogens with zero attached hydrogens (tertiary/aromatic N) is 1. The van der Waals surface area contributed by atoms with Gasteiger partial charge in [-0.15, -0.1) is 0 Å². The number of aryl methyl sites for hydroxylation is 1. The molecule has 0 aromatic heterocycles. The Morgan fingerprint density at radius 2 is 2.11 bits per heavy atom. The first kappa shape index (κ1) is 12.8. The first-order valence-corrected chi connectivity index (χ1v) is 6.48. The molecule has 1 atom stereocenters. The molecule has 1 unspecified atom stereocenters. The lowest BCUT2D eigenvalue weighted by atomic mass is 9.70. The minimum atomic E-state index is -0.156. The number of hydrogen-bond acceptors (Lipinski definition) is 2. The zero-order chi connectivity index (χ0) is 13.3. The van der Waals surface area contributed by atoms with Crippen LogP contribution in [0.2, 0.25) is 0 Å². The molecule has 1 aliphatic rings. The molecule has 2 heteroatoms. The molecule has 1 aliphatic carbocycles. The van der Waals surface area contributed by atoms with Crippen LogP contribution in [0.5, 0.6) is 0 Å². The molecule has 2 nitrogen and oxygen atoms in total. The quantitative estimate of drug-likeness (QED) is 0.751. The van der Waals surface area contributed by atoms with Crippen molar-refractivity contribution in [2.75, 3.05) is 0 Å². The Morgan fingerprint density at radius 3 is 2.67 bits per heavy atom. The summed E-state index contributed by atoms with van der Waals surface area (Å²) in [6.45, 7) is 6.11. The fraction of sp³-hybridized carbons (Fsp3) is 0.500. The van der Waals surface area contributed by atoms with E-state index in [1.165, 1.54) is 5.56 Å². The summed E-state index contributed by atoms with van der Waals surface area (Å²) in [6, 6.07) is 7.94. The van der Waals surface area contributed by atoms with Crippen LogP contribution in [0.25, 0.3) is 0 Å². The van der Waals surface area contributed by atoms with Crippen LogP contribution in [0.15, 0.2) is 18.2 Å². The van der Waals surface area contributed by atoms with Gasteiger partial charge in [-0.3, -0.25) is 4.79 Å². The Hall–Kier alpha value is -1.62. The van der Waals surface area contributed by atoms with Crippen molar-refractivity contribution in [3.8, 4) is 6.07 Å². The second-order valence-corrected chi connectivity index (χ2v) is 5.93. The molecule has 0 amide bonds. The number of hydrogen-bond donors (Lipinski definition) is 0. The van der Waals surface area contributed by atoms with Gasteiger partial charge in [0.1, 0.15) is 5.78 Å². The fourth-order valence-corrected chi connectivity index (χ4v) is 2.75. The lowest BCUT2D eigenvalue weighted by Crippen LogP contribution is -2.31. The van der Waals surface area contributed by atoms with Gasteiger partial charge in [-0.2, -0.15) is 5.26 Å². The first-order chi connectivity index (χ1) is 8.44. The van der Waals surface area contributed by atoms with Crippen molar-refractivity contribution in [1.82, 2.24) is 0 Å². The molecule has 0 radical (unpaired) electrons. The van der Waals surface area contributed by atoms with Crippen molar-refractivity contribution < 1.29 is 4.79 Å². The highest BCUT2D eigenvalue weighted by molar-refractivity contribution is 5.85. The number of benzene rings is 1. The van der Waals surface area contributed by atoms with Gasteiger partial charge < -0.3 is 0 Å². The van der Waals surface area contributed by atoms with Crippen LogP contribution in [0, 0.1) is 23.7 Å². The molecular formula is C16H19NO. The zero-order valence-electron chi connectivity index (χ0n) is 11.3.